The topological polar surface area (TPSA) is 88.0 Å². The molecule has 8 nitrogen and oxygen atoms in total. The van der Waals surface area contributed by atoms with E-state index in [1.165, 1.54) is 6.07 Å². The molecule has 44 heavy (non-hydrogen) atoms. The number of hydrogen-bond acceptors (Lipinski definition) is 7. The van der Waals surface area contributed by atoms with Crippen molar-refractivity contribution in [3.63, 3.8) is 0 Å². The molecule has 0 aliphatic carbocycles. The molecule has 3 fully saturated rings. The number of aryl methyl sites for hydroxylation is 1. The largest absolute Gasteiger partial charge is 0.508 e. The summed E-state index contributed by atoms with van der Waals surface area (Å²) in [5.41, 5.74) is 2.16. The highest BCUT2D eigenvalue weighted by Crippen LogP contribution is 2.42. The van der Waals surface area contributed by atoms with Crippen LogP contribution in [0.3, 0.4) is 0 Å². The summed E-state index contributed by atoms with van der Waals surface area (Å²) in [6, 6.07) is 9.74. The van der Waals surface area contributed by atoms with Crippen molar-refractivity contribution < 1.29 is 28.2 Å². The number of terminal acetylenes is 1. The number of fused-ring (bicyclic) bond motifs is 3. The fourth-order valence-electron chi connectivity index (χ4n) is 7.20. The number of ether oxygens (including phenoxy) is 2. The van der Waals surface area contributed by atoms with Gasteiger partial charge in [-0.05, 0) is 79.1 Å². The molecule has 0 spiro atoms. The lowest BCUT2D eigenvalue weighted by molar-refractivity contribution is -0.122. The fourth-order valence-corrected chi connectivity index (χ4v) is 7.20. The van der Waals surface area contributed by atoms with Crippen molar-refractivity contribution in [2.45, 2.75) is 44.3 Å². The molecule has 1 N–H and O–H groups in total. The van der Waals surface area contributed by atoms with Crippen molar-refractivity contribution >= 4 is 33.4 Å². The van der Waals surface area contributed by atoms with E-state index in [9.17, 15) is 18.7 Å². The van der Waals surface area contributed by atoms with E-state index in [4.69, 9.17) is 25.9 Å². The van der Waals surface area contributed by atoms with E-state index in [0.29, 0.717) is 76.7 Å². The molecule has 3 saturated heterocycles. The van der Waals surface area contributed by atoms with Crippen molar-refractivity contribution in [1.29, 1.82) is 0 Å². The van der Waals surface area contributed by atoms with E-state index in [0.717, 1.165) is 19.4 Å². The molecule has 0 saturated carbocycles. The van der Waals surface area contributed by atoms with Gasteiger partial charge in [-0.1, -0.05) is 18.1 Å². The molecule has 2 atom stereocenters. The lowest BCUT2D eigenvalue weighted by atomic mass is 9.91. The molecule has 3 aliphatic heterocycles. The highest BCUT2D eigenvalue weighted by molar-refractivity contribution is 6.07. The van der Waals surface area contributed by atoms with Crippen LogP contribution in [0.25, 0.3) is 32.8 Å². The van der Waals surface area contributed by atoms with Gasteiger partial charge in [-0.15, -0.1) is 6.42 Å². The summed E-state index contributed by atoms with van der Waals surface area (Å²) in [5.74, 6) is 2.13. The molecular formula is C34H32F2N4O4. The van der Waals surface area contributed by atoms with Crippen molar-refractivity contribution in [2.75, 3.05) is 44.4 Å². The van der Waals surface area contributed by atoms with Crippen LogP contribution < -0.4 is 9.64 Å². The molecule has 2 unspecified atom stereocenters. The number of carbonyl (C=O) groups is 1. The van der Waals surface area contributed by atoms with Gasteiger partial charge < -0.3 is 14.6 Å². The second-order valence-corrected chi connectivity index (χ2v) is 11.9. The van der Waals surface area contributed by atoms with Gasteiger partial charge in [0.05, 0.1) is 16.6 Å². The van der Waals surface area contributed by atoms with Gasteiger partial charge in [-0.3, -0.25) is 14.6 Å². The third-order valence-electron chi connectivity index (χ3n) is 9.25. The molecule has 4 heterocycles. The average Bonchev–Trinajstić information content (AvgIpc) is 3.44. The zero-order chi connectivity index (χ0) is 30.6. The Morgan fingerprint density at radius 3 is 2.89 bits per heavy atom. The smallest absolute Gasteiger partial charge is 0.319 e. The summed E-state index contributed by atoms with van der Waals surface area (Å²) < 4.78 is 41.1. The van der Waals surface area contributed by atoms with Gasteiger partial charge in [0.25, 0.3) is 5.91 Å². The quantitative estimate of drug-likeness (QED) is 0.312. The Balaban J connectivity index is 1.40. The molecular weight excluding hydrogens is 566 g/mol. The lowest BCUT2D eigenvalue weighted by Gasteiger charge is -2.31. The van der Waals surface area contributed by atoms with Gasteiger partial charge in [0.15, 0.2) is 5.82 Å². The lowest BCUT2D eigenvalue weighted by Crippen LogP contribution is -2.43. The molecule has 10 heteroatoms. The third kappa shape index (κ3) is 4.71. The first-order chi connectivity index (χ1) is 21.3. The van der Waals surface area contributed by atoms with Crippen molar-refractivity contribution in [3.8, 4) is 35.2 Å². The van der Waals surface area contributed by atoms with Crippen molar-refractivity contribution in [1.82, 2.24) is 14.9 Å². The summed E-state index contributed by atoms with van der Waals surface area (Å²) in [5, 5.41) is 12.3. The number of nitrogens with zero attached hydrogens (tertiary/aromatic N) is 4. The zero-order valence-electron chi connectivity index (χ0n) is 24.4. The average molecular weight is 599 g/mol. The van der Waals surface area contributed by atoms with Gasteiger partial charge in [0.2, 0.25) is 0 Å². The monoisotopic (exact) mass is 598 g/mol. The second kappa shape index (κ2) is 11.0. The van der Waals surface area contributed by atoms with E-state index < -0.39 is 17.5 Å². The number of aromatic nitrogens is 2. The van der Waals surface area contributed by atoms with Crippen LogP contribution in [0.1, 0.15) is 36.8 Å². The molecule has 0 radical (unpaired) electrons. The highest BCUT2D eigenvalue weighted by atomic mass is 19.1. The number of phenols is 1. The first kappa shape index (κ1) is 28.4. The summed E-state index contributed by atoms with van der Waals surface area (Å²) in [7, 11) is 0. The van der Waals surface area contributed by atoms with Crippen molar-refractivity contribution in [2.24, 2.45) is 0 Å². The van der Waals surface area contributed by atoms with E-state index in [-0.39, 0.29) is 36.4 Å². The van der Waals surface area contributed by atoms with Crippen LogP contribution in [0.15, 0.2) is 36.4 Å². The Labute approximate surface area is 253 Å². The van der Waals surface area contributed by atoms with Crippen LogP contribution in [0.2, 0.25) is 0 Å². The molecule has 1 amide bonds. The summed E-state index contributed by atoms with van der Waals surface area (Å²) in [4.78, 5) is 26.5. The number of anilines is 1. The Bertz CT molecular complexity index is 1860. The molecule has 0 bridgehead atoms. The SMILES string of the molecule is C#Cc1c(F)ccc2cc(O)cc(-c3ccc4c(N5CCCOCC5=O)nc(OCC56CCCN5CC(F)C6)nc4c3C)c12. The van der Waals surface area contributed by atoms with Gasteiger partial charge in [0, 0.05) is 36.9 Å². The predicted octanol–water partition coefficient (Wildman–Crippen LogP) is 5.29. The first-order valence-corrected chi connectivity index (χ1v) is 14.9. The minimum atomic E-state index is -0.902. The Hall–Kier alpha value is -4.33. The van der Waals surface area contributed by atoms with Crippen LogP contribution in [0, 0.1) is 25.1 Å². The molecule has 4 aromatic rings. The van der Waals surface area contributed by atoms with E-state index in [1.54, 1.807) is 23.1 Å². The second-order valence-electron chi connectivity index (χ2n) is 11.9. The minimum absolute atomic E-state index is 0.00671. The number of amides is 1. The standard InChI is InChI=1S/C34H32F2N4O4/c1-3-24-28(36)9-6-21-14-23(41)15-27(30(21)24)25-7-8-26-31(20(25)2)37-33(38-32(26)40-12-5-13-43-18-29(40)42)44-19-34-10-4-11-39(34)17-22(35)16-34/h1,6-9,14-15,22,41H,4-5,10-13,16-19H2,2H3. The van der Waals surface area contributed by atoms with Gasteiger partial charge >= 0.3 is 6.01 Å². The zero-order valence-corrected chi connectivity index (χ0v) is 24.4. The maximum Gasteiger partial charge on any atom is 0.319 e. The summed E-state index contributed by atoms with van der Waals surface area (Å²) >= 11 is 0. The molecule has 226 valence electrons. The number of aromatic hydroxyl groups is 1. The van der Waals surface area contributed by atoms with Crippen LogP contribution in [-0.4, -0.2) is 77.0 Å². The third-order valence-corrected chi connectivity index (χ3v) is 9.25. The molecule has 7 rings (SSSR count). The van der Waals surface area contributed by atoms with Crippen LogP contribution in [0.5, 0.6) is 11.8 Å². The first-order valence-electron chi connectivity index (χ1n) is 14.9. The Morgan fingerprint density at radius 1 is 1.18 bits per heavy atom. The maximum absolute atomic E-state index is 14.9. The fraction of sp³-hybridized carbons (Fsp3) is 0.382. The normalized spacial score (nSPS) is 22.4. The van der Waals surface area contributed by atoms with E-state index in [2.05, 4.69) is 10.8 Å². The Kier molecular flexibility index (Phi) is 7.10. The number of hydrogen-bond donors (Lipinski definition) is 1. The molecule has 3 aliphatic rings. The molecule has 3 aromatic carbocycles. The number of alkyl halides is 1. The van der Waals surface area contributed by atoms with Gasteiger partial charge in [0.1, 0.15) is 31.0 Å². The number of halogens is 2. The summed E-state index contributed by atoms with van der Waals surface area (Å²) in [6.07, 6.45) is 7.68. The highest BCUT2D eigenvalue weighted by Gasteiger charge is 2.49. The number of benzene rings is 3. The minimum Gasteiger partial charge on any atom is -0.508 e. The van der Waals surface area contributed by atoms with Crippen LogP contribution >= 0.6 is 0 Å². The van der Waals surface area contributed by atoms with Crippen LogP contribution in [0.4, 0.5) is 14.6 Å². The maximum atomic E-state index is 14.9. The number of carbonyl (C=O) groups excluding carboxylic acids is 1. The van der Waals surface area contributed by atoms with Crippen molar-refractivity contribution in [3.05, 3.63) is 53.3 Å². The Morgan fingerprint density at radius 2 is 2.05 bits per heavy atom. The number of rotatable bonds is 5. The predicted molar refractivity (Wildman–Crippen MR) is 163 cm³/mol. The van der Waals surface area contributed by atoms with E-state index in [1.807, 2.05) is 19.1 Å². The van der Waals surface area contributed by atoms with Gasteiger partial charge in [-0.2, -0.15) is 9.97 Å². The summed E-state index contributed by atoms with van der Waals surface area (Å²) in [6.45, 7) is 4.14. The number of phenolic OH excluding ortho intramolecular Hbond substituents is 1. The van der Waals surface area contributed by atoms with Gasteiger partial charge in [-0.25, -0.2) is 8.78 Å². The molecule has 1 aromatic heterocycles. The van der Waals surface area contributed by atoms with E-state index >= 15 is 0 Å². The van der Waals surface area contributed by atoms with Crippen LogP contribution in [-0.2, 0) is 9.53 Å².